The molecule has 4 nitrogen and oxygen atoms in total. The summed E-state index contributed by atoms with van der Waals surface area (Å²) in [7, 11) is 0. The summed E-state index contributed by atoms with van der Waals surface area (Å²) in [6.45, 7) is 1.58. The molecule has 0 spiro atoms. The van der Waals surface area contributed by atoms with Crippen molar-refractivity contribution in [3.8, 4) is 5.75 Å². The fourth-order valence-corrected chi connectivity index (χ4v) is 2.54. The number of nitrogens with two attached hydrogens (primary N) is 1. The number of nitrogens with zero attached hydrogens (tertiary/aromatic N) is 1. The predicted octanol–water partition coefficient (Wildman–Crippen LogP) is 1.69. The van der Waals surface area contributed by atoms with Crippen LogP contribution in [0.4, 0.5) is 0 Å². The number of hydrogen-bond acceptors (Lipinski definition) is 2. The molecule has 3 rings (SSSR count). The minimum absolute atomic E-state index is 0.162. The molecule has 0 bridgehead atoms. The number of nitrogens with one attached hydrogen (secondary N) is 1. The molecular weight excluding hydrogens is 238 g/mol. The first-order chi connectivity index (χ1) is 9.31. The van der Waals surface area contributed by atoms with E-state index in [1.54, 1.807) is 0 Å². The molecule has 1 saturated carbocycles. The van der Waals surface area contributed by atoms with Gasteiger partial charge in [-0.2, -0.15) is 0 Å². The molecule has 0 saturated heterocycles. The van der Waals surface area contributed by atoms with Crippen molar-refractivity contribution >= 4 is 5.96 Å². The van der Waals surface area contributed by atoms with Crippen LogP contribution in [0.5, 0.6) is 5.75 Å². The summed E-state index contributed by atoms with van der Waals surface area (Å²) in [6.07, 6.45) is 5.06. The number of rotatable bonds is 4. The van der Waals surface area contributed by atoms with E-state index in [-0.39, 0.29) is 6.10 Å². The lowest BCUT2D eigenvalue weighted by Gasteiger charge is -2.23. The Morgan fingerprint density at radius 2 is 2.21 bits per heavy atom. The standard InChI is InChI=1S/C15H21N3O/c16-15(17-9-11-4-3-5-11)18-10-13-8-12-6-1-2-7-14(12)19-13/h1-2,6-7,11,13H,3-5,8-10H2,(H3,16,17,18). The van der Waals surface area contributed by atoms with Crippen LogP contribution in [0.25, 0.3) is 0 Å². The summed E-state index contributed by atoms with van der Waals surface area (Å²) in [4.78, 5) is 4.38. The Morgan fingerprint density at radius 1 is 1.37 bits per heavy atom. The second-order valence-corrected chi connectivity index (χ2v) is 5.46. The summed E-state index contributed by atoms with van der Waals surface area (Å²) in [6, 6.07) is 8.18. The van der Waals surface area contributed by atoms with Gasteiger partial charge in [0.05, 0.1) is 6.54 Å². The van der Waals surface area contributed by atoms with Crippen molar-refractivity contribution in [3.63, 3.8) is 0 Å². The van der Waals surface area contributed by atoms with E-state index in [9.17, 15) is 0 Å². The number of ether oxygens (including phenoxy) is 1. The summed E-state index contributed by atoms with van der Waals surface area (Å²) < 4.78 is 5.84. The van der Waals surface area contributed by atoms with Crippen molar-refractivity contribution in [2.45, 2.75) is 31.8 Å². The van der Waals surface area contributed by atoms with Crippen LogP contribution in [0.15, 0.2) is 29.3 Å². The highest BCUT2D eigenvalue weighted by atomic mass is 16.5. The Morgan fingerprint density at radius 3 is 2.95 bits per heavy atom. The Balaban J connectivity index is 1.43. The van der Waals surface area contributed by atoms with Gasteiger partial charge in [-0.3, -0.25) is 4.99 Å². The molecule has 1 unspecified atom stereocenters. The van der Waals surface area contributed by atoms with Crippen molar-refractivity contribution in [1.82, 2.24) is 5.32 Å². The first-order valence-corrected chi connectivity index (χ1v) is 7.09. The van der Waals surface area contributed by atoms with Gasteiger partial charge in [0, 0.05) is 13.0 Å². The van der Waals surface area contributed by atoms with E-state index in [4.69, 9.17) is 10.5 Å². The van der Waals surface area contributed by atoms with Crippen LogP contribution >= 0.6 is 0 Å². The van der Waals surface area contributed by atoms with E-state index in [1.807, 2.05) is 18.2 Å². The molecule has 3 N–H and O–H groups in total. The van der Waals surface area contributed by atoms with Crippen LogP contribution in [0.1, 0.15) is 24.8 Å². The molecular formula is C15H21N3O. The number of aliphatic imine (C=N–C) groups is 1. The summed E-state index contributed by atoms with van der Waals surface area (Å²) in [5.74, 6) is 2.30. The third-order valence-corrected chi connectivity index (χ3v) is 3.97. The minimum atomic E-state index is 0.162. The molecule has 1 aliphatic heterocycles. The molecule has 1 atom stereocenters. The van der Waals surface area contributed by atoms with Gasteiger partial charge in [-0.25, -0.2) is 0 Å². The van der Waals surface area contributed by atoms with E-state index >= 15 is 0 Å². The van der Waals surface area contributed by atoms with Crippen LogP contribution in [-0.2, 0) is 6.42 Å². The lowest BCUT2D eigenvalue weighted by molar-refractivity contribution is 0.235. The zero-order valence-electron chi connectivity index (χ0n) is 11.1. The molecule has 0 radical (unpaired) electrons. The van der Waals surface area contributed by atoms with Crippen LogP contribution in [0, 0.1) is 5.92 Å². The van der Waals surface area contributed by atoms with Crippen LogP contribution in [0.2, 0.25) is 0 Å². The third-order valence-electron chi connectivity index (χ3n) is 3.97. The highest BCUT2D eigenvalue weighted by Crippen LogP contribution is 2.28. The van der Waals surface area contributed by atoms with Crippen LogP contribution in [-0.4, -0.2) is 25.2 Å². The van der Waals surface area contributed by atoms with Gasteiger partial charge in [-0.15, -0.1) is 0 Å². The normalized spacial score (nSPS) is 22.5. The van der Waals surface area contributed by atoms with Gasteiger partial charge in [0.25, 0.3) is 0 Å². The average Bonchev–Trinajstić information content (AvgIpc) is 2.77. The molecule has 102 valence electrons. The van der Waals surface area contributed by atoms with Gasteiger partial charge in [-0.05, 0) is 30.4 Å². The average molecular weight is 259 g/mol. The first kappa shape index (κ1) is 12.3. The molecule has 19 heavy (non-hydrogen) atoms. The molecule has 1 aromatic rings. The molecule has 1 aliphatic carbocycles. The Labute approximate surface area is 114 Å². The Kier molecular flexibility index (Phi) is 3.58. The maximum Gasteiger partial charge on any atom is 0.188 e. The van der Waals surface area contributed by atoms with Crippen molar-refractivity contribution < 1.29 is 4.74 Å². The van der Waals surface area contributed by atoms with Gasteiger partial charge in [0.2, 0.25) is 0 Å². The van der Waals surface area contributed by atoms with Crippen molar-refractivity contribution in [2.24, 2.45) is 16.6 Å². The summed E-state index contributed by atoms with van der Waals surface area (Å²) in [5.41, 5.74) is 7.14. The summed E-state index contributed by atoms with van der Waals surface area (Å²) >= 11 is 0. The van der Waals surface area contributed by atoms with Crippen LogP contribution < -0.4 is 15.8 Å². The van der Waals surface area contributed by atoms with E-state index in [0.717, 1.165) is 24.6 Å². The molecule has 2 aliphatic rings. The largest absolute Gasteiger partial charge is 0.488 e. The number of guanidine groups is 1. The molecule has 1 fully saturated rings. The zero-order chi connectivity index (χ0) is 13.1. The lowest BCUT2D eigenvalue weighted by Crippen LogP contribution is -2.39. The van der Waals surface area contributed by atoms with E-state index < -0.39 is 0 Å². The van der Waals surface area contributed by atoms with Crippen LogP contribution in [0.3, 0.4) is 0 Å². The monoisotopic (exact) mass is 259 g/mol. The smallest absolute Gasteiger partial charge is 0.188 e. The minimum Gasteiger partial charge on any atom is -0.488 e. The maximum atomic E-state index is 5.87. The fourth-order valence-electron chi connectivity index (χ4n) is 2.54. The van der Waals surface area contributed by atoms with Gasteiger partial charge >= 0.3 is 0 Å². The Hall–Kier alpha value is -1.71. The second-order valence-electron chi connectivity index (χ2n) is 5.46. The number of para-hydroxylation sites is 1. The topological polar surface area (TPSA) is 59.6 Å². The van der Waals surface area contributed by atoms with Gasteiger partial charge < -0.3 is 15.8 Å². The lowest BCUT2D eigenvalue weighted by atomic mass is 9.86. The quantitative estimate of drug-likeness (QED) is 0.639. The van der Waals surface area contributed by atoms with Gasteiger partial charge in [0.1, 0.15) is 11.9 Å². The zero-order valence-corrected chi connectivity index (χ0v) is 11.1. The summed E-state index contributed by atoms with van der Waals surface area (Å²) in [5, 5.41) is 3.17. The third kappa shape index (κ3) is 3.00. The van der Waals surface area contributed by atoms with Gasteiger partial charge in [-0.1, -0.05) is 24.6 Å². The van der Waals surface area contributed by atoms with Crippen molar-refractivity contribution in [3.05, 3.63) is 29.8 Å². The fraction of sp³-hybridized carbons (Fsp3) is 0.533. The molecule has 0 aromatic heterocycles. The highest BCUT2D eigenvalue weighted by molar-refractivity contribution is 5.77. The number of hydrogen-bond donors (Lipinski definition) is 2. The first-order valence-electron chi connectivity index (χ1n) is 7.09. The van der Waals surface area contributed by atoms with E-state index in [2.05, 4.69) is 16.4 Å². The molecule has 0 amide bonds. The SMILES string of the molecule is NC(=NCC1CCC1)NCC1Cc2ccccc2O1. The van der Waals surface area contributed by atoms with Crippen molar-refractivity contribution in [1.29, 1.82) is 0 Å². The number of fused-ring (bicyclic) bond motifs is 1. The molecule has 4 heteroatoms. The molecule has 1 aromatic carbocycles. The predicted molar refractivity (Wildman–Crippen MR) is 76.4 cm³/mol. The highest BCUT2D eigenvalue weighted by Gasteiger charge is 2.22. The van der Waals surface area contributed by atoms with Gasteiger partial charge in [0.15, 0.2) is 5.96 Å². The maximum absolute atomic E-state index is 5.87. The van der Waals surface area contributed by atoms with E-state index in [0.29, 0.717) is 12.5 Å². The van der Waals surface area contributed by atoms with E-state index in [1.165, 1.54) is 24.8 Å². The second kappa shape index (κ2) is 5.51. The molecule has 1 heterocycles. The van der Waals surface area contributed by atoms with Crippen molar-refractivity contribution in [2.75, 3.05) is 13.1 Å². The number of benzene rings is 1. The Bertz CT molecular complexity index is 443.